The highest BCUT2D eigenvalue weighted by Gasteiger charge is 2.23. The number of fused-ring (bicyclic) bond motifs is 1. The summed E-state index contributed by atoms with van der Waals surface area (Å²) in [5.41, 5.74) is 6.69. The zero-order chi connectivity index (χ0) is 18.3. The second-order valence-corrected chi connectivity index (χ2v) is 7.71. The van der Waals surface area contributed by atoms with Gasteiger partial charge < -0.3 is 5.32 Å². The molecular formula is C21H21Cl2N3. The molecule has 1 N–H and O–H groups in total. The van der Waals surface area contributed by atoms with E-state index in [2.05, 4.69) is 37.4 Å². The van der Waals surface area contributed by atoms with Crippen molar-refractivity contribution < 1.29 is 0 Å². The summed E-state index contributed by atoms with van der Waals surface area (Å²) in [4.78, 5) is 0. The summed E-state index contributed by atoms with van der Waals surface area (Å²) >= 11 is 12.6. The maximum atomic E-state index is 6.49. The van der Waals surface area contributed by atoms with Crippen molar-refractivity contribution >= 4 is 29.0 Å². The first-order valence-electron chi connectivity index (χ1n) is 8.93. The number of nitrogens with one attached hydrogen (secondary N) is 1. The predicted octanol–water partition coefficient (Wildman–Crippen LogP) is 6.21. The number of aromatic nitrogens is 2. The van der Waals surface area contributed by atoms with Gasteiger partial charge in [-0.15, -0.1) is 0 Å². The van der Waals surface area contributed by atoms with Crippen LogP contribution in [0.4, 0.5) is 5.82 Å². The van der Waals surface area contributed by atoms with Gasteiger partial charge in [0.1, 0.15) is 5.82 Å². The standard InChI is InChI=1S/C21H21Cl2N3/c1-13-6-8-16(11-14(13)2)26-21-18(5-3-4-10-24-21)20(25-26)17-9-7-15(22)12-19(17)23/h6-9,11-12,24H,3-5,10H2,1-2H3. The van der Waals surface area contributed by atoms with Gasteiger partial charge in [0.15, 0.2) is 0 Å². The Labute approximate surface area is 163 Å². The van der Waals surface area contributed by atoms with E-state index in [0.29, 0.717) is 10.0 Å². The molecule has 2 aromatic carbocycles. The van der Waals surface area contributed by atoms with Gasteiger partial charge in [0.25, 0.3) is 0 Å². The lowest BCUT2D eigenvalue weighted by Crippen LogP contribution is -2.07. The average molecular weight is 386 g/mol. The maximum absolute atomic E-state index is 6.49. The fraction of sp³-hybridized carbons (Fsp3) is 0.286. The van der Waals surface area contributed by atoms with E-state index >= 15 is 0 Å². The van der Waals surface area contributed by atoms with Crippen LogP contribution < -0.4 is 5.32 Å². The van der Waals surface area contributed by atoms with Crippen LogP contribution in [0.2, 0.25) is 10.0 Å². The summed E-state index contributed by atoms with van der Waals surface area (Å²) < 4.78 is 2.02. The van der Waals surface area contributed by atoms with Crippen LogP contribution in [0.1, 0.15) is 29.5 Å². The first-order chi connectivity index (χ1) is 12.5. The number of benzene rings is 2. The molecule has 0 amide bonds. The first kappa shape index (κ1) is 17.4. The van der Waals surface area contributed by atoms with E-state index in [9.17, 15) is 0 Å². The quantitative estimate of drug-likeness (QED) is 0.567. The molecule has 5 heteroatoms. The van der Waals surface area contributed by atoms with Crippen LogP contribution in [0, 0.1) is 13.8 Å². The average Bonchev–Trinajstić information content (AvgIpc) is 2.79. The van der Waals surface area contributed by atoms with Crippen LogP contribution >= 0.6 is 23.2 Å². The topological polar surface area (TPSA) is 29.9 Å². The summed E-state index contributed by atoms with van der Waals surface area (Å²) in [7, 11) is 0. The van der Waals surface area contributed by atoms with E-state index in [-0.39, 0.29) is 0 Å². The van der Waals surface area contributed by atoms with Crippen molar-refractivity contribution in [3.05, 3.63) is 63.1 Å². The minimum atomic E-state index is 0.634. The van der Waals surface area contributed by atoms with Crippen LogP contribution in [0.3, 0.4) is 0 Å². The van der Waals surface area contributed by atoms with Crippen molar-refractivity contribution in [1.82, 2.24) is 9.78 Å². The van der Waals surface area contributed by atoms with Crippen molar-refractivity contribution in [2.24, 2.45) is 0 Å². The van der Waals surface area contributed by atoms with Gasteiger partial charge >= 0.3 is 0 Å². The van der Waals surface area contributed by atoms with Crippen LogP contribution in [-0.2, 0) is 6.42 Å². The van der Waals surface area contributed by atoms with Gasteiger partial charge in [-0.2, -0.15) is 5.10 Å². The number of rotatable bonds is 2. The second-order valence-electron chi connectivity index (χ2n) is 6.86. The molecule has 1 aliphatic heterocycles. The Kier molecular flexibility index (Phi) is 4.68. The van der Waals surface area contributed by atoms with Gasteiger partial charge in [0.05, 0.1) is 16.4 Å². The van der Waals surface area contributed by atoms with E-state index in [1.165, 1.54) is 16.7 Å². The summed E-state index contributed by atoms with van der Waals surface area (Å²) in [6.07, 6.45) is 3.27. The molecule has 0 unspecified atom stereocenters. The molecule has 4 rings (SSSR count). The summed E-state index contributed by atoms with van der Waals surface area (Å²) in [5, 5.41) is 9.81. The van der Waals surface area contributed by atoms with Crippen molar-refractivity contribution in [1.29, 1.82) is 0 Å². The van der Waals surface area contributed by atoms with Crippen molar-refractivity contribution in [3.8, 4) is 16.9 Å². The fourth-order valence-corrected chi connectivity index (χ4v) is 3.94. The maximum Gasteiger partial charge on any atom is 0.133 e. The molecule has 1 aliphatic rings. The molecule has 0 spiro atoms. The van der Waals surface area contributed by atoms with Crippen LogP contribution in [0.25, 0.3) is 16.9 Å². The van der Waals surface area contributed by atoms with Gasteiger partial charge in [-0.05, 0) is 74.6 Å². The van der Waals surface area contributed by atoms with Gasteiger partial charge in [-0.25, -0.2) is 4.68 Å². The smallest absolute Gasteiger partial charge is 0.133 e. The van der Waals surface area contributed by atoms with Gasteiger partial charge in [0, 0.05) is 22.7 Å². The lowest BCUT2D eigenvalue weighted by molar-refractivity contribution is 0.780. The number of aryl methyl sites for hydroxylation is 2. The van der Waals surface area contributed by atoms with E-state index in [0.717, 1.165) is 48.6 Å². The normalized spacial score (nSPS) is 13.8. The zero-order valence-electron chi connectivity index (χ0n) is 14.9. The molecule has 0 saturated heterocycles. The van der Waals surface area contributed by atoms with Crippen molar-refractivity contribution in [2.75, 3.05) is 11.9 Å². The Bertz CT molecular complexity index is 976. The monoisotopic (exact) mass is 385 g/mol. The SMILES string of the molecule is Cc1ccc(-n2nc(-c3ccc(Cl)cc3Cl)c3c2NCCCC3)cc1C. The van der Waals surface area contributed by atoms with Crippen molar-refractivity contribution in [2.45, 2.75) is 33.1 Å². The third kappa shape index (κ3) is 3.10. The highest BCUT2D eigenvalue weighted by Crippen LogP contribution is 2.38. The molecule has 3 nitrogen and oxygen atoms in total. The Hall–Kier alpha value is -1.97. The highest BCUT2D eigenvalue weighted by atomic mass is 35.5. The molecule has 0 fully saturated rings. The fourth-order valence-electron chi connectivity index (χ4n) is 3.44. The molecule has 26 heavy (non-hydrogen) atoms. The van der Waals surface area contributed by atoms with Crippen molar-refractivity contribution in [3.63, 3.8) is 0 Å². The number of nitrogens with zero attached hydrogens (tertiary/aromatic N) is 2. The molecule has 0 aliphatic carbocycles. The van der Waals surface area contributed by atoms with Gasteiger partial charge in [-0.3, -0.25) is 0 Å². The van der Waals surface area contributed by atoms with E-state index in [1.807, 2.05) is 16.8 Å². The molecule has 0 atom stereocenters. The Morgan fingerprint density at radius 3 is 2.62 bits per heavy atom. The van der Waals surface area contributed by atoms with E-state index in [1.54, 1.807) is 6.07 Å². The van der Waals surface area contributed by atoms with Gasteiger partial charge in [0.2, 0.25) is 0 Å². The molecule has 1 aromatic heterocycles. The lowest BCUT2D eigenvalue weighted by Gasteiger charge is -2.10. The predicted molar refractivity (Wildman–Crippen MR) is 110 cm³/mol. The number of anilines is 1. The molecule has 134 valence electrons. The Morgan fingerprint density at radius 2 is 1.85 bits per heavy atom. The van der Waals surface area contributed by atoms with E-state index in [4.69, 9.17) is 28.3 Å². The Balaban J connectivity index is 1.93. The first-order valence-corrected chi connectivity index (χ1v) is 9.69. The Morgan fingerprint density at radius 1 is 1.00 bits per heavy atom. The summed E-state index contributed by atoms with van der Waals surface area (Å²) in [6, 6.07) is 12.1. The number of hydrogen-bond acceptors (Lipinski definition) is 2. The third-order valence-electron chi connectivity index (χ3n) is 5.05. The molecular weight excluding hydrogens is 365 g/mol. The summed E-state index contributed by atoms with van der Waals surface area (Å²) in [5.74, 6) is 1.08. The summed E-state index contributed by atoms with van der Waals surface area (Å²) in [6.45, 7) is 5.21. The molecule has 3 aromatic rings. The lowest BCUT2D eigenvalue weighted by atomic mass is 10.0. The minimum Gasteiger partial charge on any atom is -0.370 e. The number of halogens is 2. The minimum absolute atomic E-state index is 0.634. The van der Waals surface area contributed by atoms with E-state index < -0.39 is 0 Å². The van der Waals surface area contributed by atoms with Gasteiger partial charge in [-0.1, -0.05) is 29.3 Å². The molecule has 0 bridgehead atoms. The molecule has 0 saturated carbocycles. The molecule has 0 radical (unpaired) electrons. The zero-order valence-corrected chi connectivity index (χ0v) is 16.5. The van der Waals surface area contributed by atoms with Crippen LogP contribution in [-0.4, -0.2) is 16.3 Å². The highest BCUT2D eigenvalue weighted by molar-refractivity contribution is 6.36. The van der Waals surface area contributed by atoms with Crippen LogP contribution in [0.5, 0.6) is 0 Å². The second kappa shape index (κ2) is 6.98. The largest absolute Gasteiger partial charge is 0.370 e. The number of hydrogen-bond donors (Lipinski definition) is 1. The third-order valence-corrected chi connectivity index (χ3v) is 5.60. The van der Waals surface area contributed by atoms with Crippen LogP contribution in [0.15, 0.2) is 36.4 Å². The molecule has 2 heterocycles.